The predicted molar refractivity (Wildman–Crippen MR) is 152 cm³/mol. The number of benzene rings is 3. The first-order chi connectivity index (χ1) is 18.3. The molecule has 0 aliphatic heterocycles. The third-order valence-electron chi connectivity index (χ3n) is 6.99. The van der Waals surface area contributed by atoms with Crippen molar-refractivity contribution < 1.29 is 18.3 Å². The van der Waals surface area contributed by atoms with E-state index in [4.69, 9.17) is 0 Å². The monoisotopic (exact) mass is 535 g/mol. The van der Waals surface area contributed by atoms with Gasteiger partial charge in [-0.05, 0) is 49.1 Å². The van der Waals surface area contributed by atoms with E-state index in [1.165, 1.54) is 23.6 Å². The van der Waals surface area contributed by atoms with Crippen molar-refractivity contribution in [1.82, 2.24) is 10.6 Å². The lowest BCUT2D eigenvalue weighted by atomic mass is 9.95. The summed E-state index contributed by atoms with van der Waals surface area (Å²) in [5.74, 6) is -0.442. The van der Waals surface area contributed by atoms with E-state index in [9.17, 15) is 18.3 Å². The summed E-state index contributed by atoms with van der Waals surface area (Å²) in [6, 6.07) is 24.9. The van der Waals surface area contributed by atoms with Gasteiger partial charge in [-0.15, -0.1) is 0 Å². The lowest BCUT2D eigenvalue weighted by Gasteiger charge is -2.29. The Morgan fingerprint density at radius 2 is 1.53 bits per heavy atom. The molecule has 1 amide bonds. The maximum absolute atomic E-state index is 13.7. The SMILES string of the molecule is CS(=O)(=O)N(c1ccccc1)c1ccccc1C(=O)N[C@@H](Cc1ccccc1)[C@H](O)CNC1CCCCC1. The van der Waals surface area contributed by atoms with E-state index in [0.717, 1.165) is 24.7 Å². The summed E-state index contributed by atoms with van der Waals surface area (Å²) in [5, 5.41) is 17.7. The molecule has 1 aliphatic rings. The number of nitrogens with one attached hydrogen (secondary N) is 2. The van der Waals surface area contributed by atoms with E-state index in [2.05, 4.69) is 10.6 Å². The van der Waals surface area contributed by atoms with Gasteiger partial charge in [0.25, 0.3) is 5.91 Å². The van der Waals surface area contributed by atoms with Gasteiger partial charge < -0.3 is 15.7 Å². The van der Waals surface area contributed by atoms with Gasteiger partial charge in [0.15, 0.2) is 0 Å². The molecule has 8 heteroatoms. The van der Waals surface area contributed by atoms with Crippen LogP contribution in [0, 0.1) is 0 Å². The Morgan fingerprint density at radius 3 is 2.18 bits per heavy atom. The molecule has 38 heavy (non-hydrogen) atoms. The first-order valence-electron chi connectivity index (χ1n) is 13.2. The van der Waals surface area contributed by atoms with Crippen molar-refractivity contribution in [1.29, 1.82) is 0 Å². The molecule has 0 saturated heterocycles. The summed E-state index contributed by atoms with van der Waals surface area (Å²) in [6.45, 7) is 0.365. The Morgan fingerprint density at radius 1 is 0.921 bits per heavy atom. The van der Waals surface area contributed by atoms with Crippen LogP contribution in [-0.2, 0) is 16.4 Å². The first-order valence-corrected chi connectivity index (χ1v) is 15.1. The fraction of sp³-hybridized carbons (Fsp3) is 0.367. The zero-order valence-corrected chi connectivity index (χ0v) is 22.6. The number of sulfonamides is 1. The minimum atomic E-state index is -3.75. The molecule has 0 bridgehead atoms. The zero-order valence-electron chi connectivity index (χ0n) is 21.8. The number of carbonyl (C=O) groups excluding carboxylic acids is 1. The lowest BCUT2D eigenvalue weighted by molar-refractivity contribution is 0.0821. The number of carbonyl (C=O) groups is 1. The number of para-hydroxylation sites is 2. The highest BCUT2D eigenvalue weighted by atomic mass is 32.2. The predicted octanol–water partition coefficient (Wildman–Crippen LogP) is 4.41. The van der Waals surface area contributed by atoms with Crippen LogP contribution in [0.5, 0.6) is 0 Å². The second-order valence-electron chi connectivity index (χ2n) is 9.96. The van der Waals surface area contributed by atoms with E-state index >= 15 is 0 Å². The maximum Gasteiger partial charge on any atom is 0.253 e. The zero-order chi connectivity index (χ0) is 27.0. The van der Waals surface area contributed by atoms with Gasteiger partial charge in [-0.3, -0.25) is 4.79 Å². The normalized spacial score (nSPS) is 15.9. The molecule has 0 spiro atoms. The molecule has 1 aliphatic carbocycles. The number of amides is 1. The molecule has 2 atom stereocenters. The standard InChI is InChI=1S/C30H37N3O4S/c1-38(36,37)33(25-17-9-4-10-18-25)28-20-12-11-19-26(28)30(35)32-27(21-23-13-5-2-6-14-23)29(34)22-31-24-15-7-3-8-16-24/h2,4-6,9-14,17-20,24,27,29,31,34H,3,7-8,15-16,21-22H2,1H3,(H,32,35)/t27-,29+/m0/s1. The quantitative estimate of drug-likeness (QED) is 0.338. The van der Waals surface area contributed by atoms with Gasteiger partial charge in [0.05, 0.1) is 35.3 Å². The highest BCUT2D eigenvalue weighted by Crippen LogP contribution is 2.31. The van der Waals surface area contributed by atoms with Gasteiger partial charge in [0.2, 0.25) is 10.0 Å². The molecule has 1 saturated carbocycles. The second-order valence-corrected chi connectivity index (χ2v) is 11.8. The van der Waals surface area contributed by atoms with Crippen LogP contribution in [0.3, 0.4) is 0 Å². The number of rotatable bonds is 11. The van der Waals surface area contributed by atoms with Crippen LogP contribution in [0.1, 0.15) is 48.0 Å². The Labute approximate surface area is 225 Å². The first kappa shape index (κ1) is 27.8. The molecule has 0 aromatic heterocycles. The summed E-state index contributed by atoms with van der Waals surface area (Å²) >= 11 is 0. The molecule has 3 aromatic rings. The van der Waals surface area contributed by atoms with E-state index in [-0.39, 0.29) is 11.3 Å². The Hall–Kier alpha value is -3.20. The molecule has 0 unspecified atom stereocenters. The number of hydrogen-bond donors (Lipinski definition) is 3. The van der Waals surface area contributed by atoms with Gasteiger partial charge in [0, 0.05) is 12.6 Å². The number of hydrogen-bond acceptors (Lipinski definition) is 5. The fourth-order valence-corrected chi connectivity index (χ4v) is 6.07. The largest absolute Gasteiger partial charge is 0.390 e. The van der Waals surface area contributed by atoms with Crippen LogP contribution < -0.4 is 14.9 Å². The highest BCUT2D eigenvalue weighted by molar-refractivity contribution is 7.92. The summed E-state index contributed by atoms with van der Waals surface area (Å²) in [5.41, 5.74) is 1.90. The smallest absolute Gasteiger partial charge is 0.253 e. The molecule has 0 radical (unpaired) electrons. The minimum Gasteiger partial charge on any atom is -0.390 e. The topological polar surface area (TPSA) is 98.7 Å². The third-order valence-corrected chi connectivity index (χ3v) is 8.06. The third kappa shape index (κ3) is 7.43. The Balaban J connectivity index is 1.59. The number of anilines is 2. The Kier molecular flexibility index (Phi) is 9.55. The summed E-state index contributed by atoms with van der Waals surface area (Å²) in [7, 11) is -3.75. The summed E-state index contributed by atoms with van der Waals surface area (Å²) < 4.78 is 26.9. The van der Waals surface area contributed by atoms with Crippen molar-refractivity contribution in [3.63, 3.8) is 0 Å². The van der Waals surface area contributed by atoms with Crippen LogP contribution >= 0.6 is 0 Å². The molecular formula is C30H37N3O4S. The van der Waals surface area contributed by atoms with Gasteiger partial charge in [-0.25, -0.2) is 12.7 Å². The molecular weight excluding hydrogens is 498 g/mol. The fourth-order valence-electron chi connectivity index (χ4n) is 5.05. The Bertz CT molecular complexity index is 1280. The van der Waals surface area contributed by atoms with E-state index in [1.807, 2.05) is 30.3 Å². The average molecular weight is 536 g/mol. The maximum atomic E-state index is 13.7. The van der Waals surface area contributed by atoms with Crippen molar-refractivity contribution >= 4 is 27.3 Å². The van der Waals surface area contributed by atoms with Crippen LogP contribution in [0.4, 0.5) is 11.4 Å². The van der Waals surface area contributed by atoms with Crippen LogP contribution in [0.2, 0.25) is 0 Å². The van der Waals surface area contributed by atoms with Crippen molar-refractivity contribution in [2.24, 2.45) is 0 Å². The molecule has 3 N–H and O–H groups in total. The van der Waals surface area contributed by atoms with Crippen molar-refractivity contribution in [3.8, 4) is 0 Å². The molecule has 7 nitrogen and oxygen atoms in total. The minimum absolute atomic E-state index is 0.215. The van der Waals surface area contributed by atoms with E-state index in [0.29, 0.717) is 24.7 Å². The number of nitrogens with zero attached hydrogens (tertiary/aromatic N) is 1. The molecule has 202 valence electrons. The average Bonchev–Trinajstić information content (AvgIpc) is 2.92. The summed E-state index contributed by atoms with van der Waals surface area (Å²) in [6.07, 6.45) is 6.55. The van der Waals surface area contributed by atoms with E-state index < -0.39 is 28.1 Å². The molecule has 1 fully saturated rings. The number of aliphatic hydroxyl groups is 1. The number of aliphatic hydroxyl groups excluding tert-OH is 1. The van der Waals surface area contributed by atoms with Gasteiger partial charge >= 0.3 is 0 Å². The van der Waals surface area contributed by atoms with Crippen molar-refractivity contribution in [3.05, 3.63) is 96.1 Å². The molecule has 3 aromatic carbocycles. The van der Waals surface area contributed by atoms with Crippen LogP contribution in [0.25, 0.3) is 0 Å². The highest BCUT2D eigenvalue weighted by Gasteiger charge is 2.28. The molecule has 4 rings (SSSR count). The van der Waals surface area contributed by atoms with E-state index in [1.54, 1.807) is 54.6 Å². The van der Waals surface area contributed by atoms with Crippen LogP contribution in [0.15, 0.2) is 84.9 Å². The summed E-state index contributed by atoms with van der Waals surface area (Å²) in [4.78, 5) is 13.7. The molecule has 0 heterocycles. The van der Waals surface area contributed by atoms with Gasteiger partial charge in [0.1, 0.15) is 0 Å². The lowest BCUT2D eigenvalue weighted by Crippen LogP contribution is -2.50. The van der Waals surface area contributed by atoms with Crippen molar-refractivity contribution in [2.45, 2.75) is 56.7 Å². The van der Waals surface area contributed by atoms with Crippen molar-refractivity contribution in [2.75, 3.05) is 17.1 Å². The van der Waals surface area contributed by atoms with Gasteiger partial charge in [-0.1, -0.05) is 79.9 Å². The van der Waals surface area contributed by atoms with Crippen LogP contribution in [-0.4, -0.2) is 50.4 Å². The second kappa shape index (κ2) is 13.0. The van der Waals surface area contributed by atoms with Gasteiger partial charge in [-0.2, -0.15) is 0 Å².